The van der Waals surface area contributed by atoms with Crippen molar-refractivity contribution in [3.8, 4) is 0 Å². The summed E-state index contributed by atoms with van der Waals surface area (Å²) in [5.41, 5.74) is 0. The highest BCUT2D eigenvalue weighted by Crippen LogP contribution is 2.11. The van der Waals surface area contributed by atoms with Crippen LogP contribution < -0.4 is 10.6 Å². The molecule has 2 N–H and O–H groups in total. The van der Waals surface area contributed by atoms with Gasteiger partial charge in [0.1, 0.15) is 5.76 Å². The van der Waals surface area contributed by atoms with E-state index < -0.39 is 0 Å². The van der Waals surface area contributed by atoms with Crippen molar-refractivity contribution >= 4 is 5.91 Å². The number of hydrogen-bond donors (Lipinski definition) is 2. The molecule has 0 aromatic carbocycles. The van der Waals surface area contributed by atoms with Gasteiger partial charge in [-0.3, -0.25) is 4.79 Å². The SMILES string of the molecule is CNCc1ccc(C(=O)N2CCNCC2)o1. The third kappa shape index (κ3) is 2.43. The molecule has 0 saturated carbocycles. The summed E-state index contributed by atoms with van der Waals surface area (Å²) in [4.78, 5) is 13.8. The summed E-state index contributed by atoms with van der Waals surface area (Å²) in [6, 6.07) is 3.59. The quantitative estimate of drug-likeness (QED) is 0.760. The number of nitrogens with zero attached hydrogens (tertiary/aromatic N) is 1. The van der Waals surface area contributed by atoms with Crippen LogP contribution in [0.25, 0.3) is 0 Å². The predicted molar refractivity (Wildman–Crippen MR) is 60.2 cm³/mol. The highest BCUT2D eigenvalue weighted by atomic mass is 16.4. The topological polar surface area (TPSA) is 57.5 Å². The first-order valence-corrected chi connectivity index (χ1v) is 5.54. The van der Waals surface area contributed by atoms with Crippen LogP contribution in [-0.2, 0) is 6.54 Å². The Morgan fingerprint density at radius 3 is 2.94 bits per heavy atom. The molecule has 0 bridgehead atoms. The zero-order valence-corrected chi connectivity index (χ0v) is 9.45. The zero-order valence-electron chi connectivity index (χ0n) is 9.45. The van der Waals surface area contributed by atoms with Crippen LogP contribution in [0.1, 0.15) is 16.3 Å². The molecular weight excluding hydrogens is 206 g/mol. The summed E-state index contributed by atoms with van der Waals surface area (Å²) in [6.07, 6.45) is 0. The molecule has 1 aromatic heterocycles. The van der Waals surface area contributed by atoms with Crippen LogP contribution in [0.3, 0.4) is 0 Å². The molecule has 5 heteroatoms. The van der Waals surface area contributed by atoms with Crippen molar-refractivity contribution in [2.45, 2.75) is 6.54 Å². The van der Waals surface area contributed by atoms with Crippen molar-refractivity contribution in [3.63, 3.8) is 0 Å². The van der Waals surface area contributed by atoms with E-state index in [0.29, 0.717) is 12.3 Å². The molecule has 0 atom stereocenters. The van der Waals surface area contributed by atoms with Crippen molar-refractivity contribution < 1.29 is 9.21 Å². The lowest BCUT2D eigenvalue weighted by Crippen LogP contribution is -2.46. The highest BCUT2D eigenvalue weighted by molar-refractivity contribution is 5.91. The third-order valence-corrected chi connectivity index (χ3v) is 2.63. The summed E-state index contributed by atoms with van der Waals surface area (Å²) < 4.78 is 5.46. The van der Waals surface area contributed by atoms with E-state index in [4.69, 9.17) is 4.42 Å². The van der Waals surface area contributed by atoms with Crippen LogP contribution in [0.2, 0.25) is 0 Å². The van der Waals surface area contributed by atoms with Gasteiger partial charge in [0.05, 0.1) is 6.54 Å². The van der Waals surface area contributed by atoms with Gasteiger partial charge in [0, 0.05) is 26.2 Å². The van der Waals surface area contributed by atoms with E-state index in [-0.39, 0.29) is 5.91 Å². The Balaban J connectivity index is 2.01. The number of amides is 1. The molecule has 5 nitrogen and oxygen atoms in total. The van der Waals surface area contributed by atoms with Crippen molar-refractivity contribution in [1.82, 2.24) is 15.5 Å². The van der Waals surface area contributed by atoms with Gasteiger partial charge in [-0.1, -0.05) is 0 Å². The van der Waals surface area contributed by atoms with Gasteiger partial charge in [0.25, 0.3) is 5.91 Å². The monoisotopic (exact) mass is 223 g/mol. The van der Waals surface area contributed by atoms with E-state index >= 15 is 0 Å². The van der Waals surface area contributed by atoms with Crippen molar-refractivity contribution in [2.24, 2.45) is 0 Å². The van der Waals surface area contributed by atoms with E-state index in [9.17, 15) is 4.79 Å². The van der Waals surface area contributed by atoms with Crippen LogP contribution in [0, 0.1) is 0 Å². The Morgan fingerprint density at radius 1 is 1.50 bits per heavy atom. The molecular formula is C11H17N3O2. The first-order valence-electron chi connectivity index (χ1n) is 5.54. The number of furan rings is 1. The van der Waals surface area contributed by atoms with E-state index in [1.807, 2.05) is 18.0 Å². The van der Waals surface area contributed by atoms with Gasteiger partial charge in [0.2, 0.25) is 0 Å². The van der Waals surface area contributed by atoms with Crippen LogP contribution in [-0.4, -0.2) is 44.0 Å². The number of nitrogens with one attached hydrogen (secondary N) is 2. The fourth-order valence-electron chi connectivity index (χ4n) is 1.79. The van der Waals surface area contributed by atoms with Gasteiger partial charge in [-0.15, -0.1) is 0 Å². The number of carbonyl (C=O) groups is 1. The molecule has 1 saturated heterocycles. The molecule has 88 valence electrons. The largest absolute Gasteiger partial charge is 0.455 e. The maximum Gasteiger partial charge on any atom is 0.289 e. The molecule has 1 aliphatic rings. The lowest BCUT2D eigenvalue weighted by atomic mass is 10.3. The molecule has 1 fully saturated rings. The van der Waals surface area contributed by atoms with Gasteiger partial charge in [0.15, 0.2) is 5.76 Å². The second-order valence-electron chi connectivity index (χ2n) is 3.84. The number of rotatable bonds is 3. The van der Waals surface area contributed by atoms with Crippen LogP contribution >= 0.6 is 0 Å². The molecule has 1 aromatic rings. The minimum absolute atomic E-state index is 0.0103. The Bertz CT molecular complexity index is 356. The second-order valence-corrected chi connectivity index (χ2v) is 3.84. The average molecular weight is 223 g/mol. The second kappa shape index (κ2) is 5.14. The first kappa shape index (κ1) is 11.2. The molecule has 16 heavy (non-hydrogen) atoms. The van der Waals surface area contributed by atoms with E-state index in [2.05, 4.69) is 10.6 Å². The molecule has 2 heterocycles. The molecule has 0 unspecified atom stereocenters. The number of piperazine rings is 1. The van der Waals surface area contributed by atoms with Gasteiger partial charge in [-0.05, 0) is 19.2 Å². The zero-order chi connectivity index (χ0) is 11.4. The van der Waals surface area contributed by atoms with Crippen LogP contribution in [0.4, 0.5) is 0 Å². The van der Waals surface area contributed by atoms with Crippen molar-refractivity contribution in [2.75, 3.05) is 33.2 Å². The normalized spacial score (nSPS) is 16.4. The Labute approximate surface area is 94.8 Å². The molecule has 0 radical (unpaired) electrons. The summed E-state index contributed by atoms with van der Waals surface area (Å²) >= 11 is 0. The van der Waals surface area contributed by atoms with Gasteiger partial charge in [-0.25, -0.2) is 0 Å². The molecule has 0 aliphatic carbocycles. The summed E-state index contributed by atoms with van der Waals surface area (Å²) in [6.45, 7) is 3.86. The van der Waals surface area contributed by atoms with Crippen LogP contribution in [0.15, 0.2) is 16.5 Å². The summed E-state index contributed by atoms with van der Waals surface area (Å²) in [5, 5.41) is 6.20. The van der Waals surface area contributed by atoms with Gasteiger partial charge >= 0.3 is 0 Å². The molecule has 1 aliphatic heterocycles. The van der Waals surface area contributed by atoms with Crippen molar-refractivity contribution in [3.05, 3.63) is 23.7 Å². The lowest BCUT2D eigenvalue weighted by molar-refractivity contribution is 0.0701. The standard InChI is InChI=1S/C11H17N3O2/c1-12-8-9-2-3-10(16-9)11(15)14-6-4-13-5-7-14/h2-3,12-13H,4-8H2,1H3. The maximum atomic E-state index is 12.0. The summed E-state index contributed by atoms with van der Waals surface area (Å²) in [5.74, 6) is 1.22. The molecule has 1 amide bonds. The first-order chi connectivity index (χ1) is 7.81. The Hall–Kier alpha value is -1.33. The fraction of sp³-hybridized carbons (Fsp3) is 0.545. The van der Waals surface area contributed by atoms with Gasteiger partial charge in [-0.2, -0.15) is 0 Å². The Kier molecular flexibility index (Phi) is 3.58. The smallest absolute Gasteiger partial charge is 0.289 e. The van der Waals surface area contributed by atoms with Crippen LogP contribution in [0.5, 0.6) is 0 Å². The molecule has 2 rings (SSSR count). The minimum atomic E-state index is -0.0103. The average Bonchev–Trinajstić information content (AvgIpc) is 2.78. The van der Waals surface area contributed by atoms with E-state index in [0.717, 1.165) is 31.9 Å². The molecule has 0 spiro atoms. The predicted octanol–water partition coefficient (Wildman–Crippen LogP) is 0.0444. The Morgan fingerprint density at radius 2 is 2.25 bits per heavy atom. The lowest BCUT2D eigenvalue weighted by Gasteiger charge is -2.26. The van der Waals surface area contributed by atoms with Crippen molar-refractivity contribution in [1.29, 1.82) is 0 Å². The summed E-state index contributed by atoms with van der Waals surface area (Å²) in [7, 11) is 1.85. The van der Waals surface area contributed by atoms with E-state index in [1.54, 1.807) is 6.07 Å². The number of hydrogen-bond acceptors (Lipinski definition) is 4. The van der Waals surface area contributed by atoms with Gasteiger partial charge < -0.3 is 20.0 Å². The highest BCUT2D eigenvalue weighted by Gasteiger charge is 2.20. The van der Waals surface area contributed by atoms with E-state index in [1.165, 1.54) is 0 Å². The fourth-order valence-corrected chi connectivity index (χ4v) is 1.79. The number of carbonyl (C=O) groups excluding carboxylic acids is 1. The minimum Gasteiger partial charge on any atom is -0.455 e. The maximum absolute atomic E-state index is 12.0. The third-order valence-electron chi connectivity index (χ3n) is 2.63.